The summed E-state index contributed by atoms with van der Waals surface area (Å²) in [5, 5.41) is 9.70. The molecule has 3 heteroatoms. The number of halogens is 1. The molecule has 86 valence electrons. The van der Waals surface area contributed by atoms with Crippen molar-refractivity contribution in [3.8, 4) is 6.07 Å². The normalized spacial score (nSPS) is 11.9. The maximum Gasteiger partial charge on any atom is 0.101 e. The number of nitrogens with zero attached hydrogens (tertiary/aromatic N) is 2. The van der Waals surface area contributed by atoms with Gasteiger partial charge in [0.05, 0.1) is 11.3 Å². The fraction of sp³-hybridized carbons (Fsp3) is 0.462. The van der Waals surface area contributed by atoms with Crippen molar-refractivity contribution < 1.29 is 0 Å². The van der Waals surface area contributed by atoms with Gasteiger partial charge in [-0.15, -0.1) is 0 Å². The first kappa shape index (κ1) is 12.9. The molecule has 0 aliphatic heterocycles. The van der Waals surface area contributed by atoms with E-state index in [4.69, 9.17) is 16.9 Å². The van der Waals surface area contributed by atoms with Gasteiger partial charge in [0.15, 0.2) is 0 Å². The Morgan fingerprint density at radius 1 is 1.50 bits per heavy atom. The van der Waals surface area contributed by atoms with Crippen LogP contribution in [0.3, 0.4) is 0 Å². The maximum absolute atomic E-state index is 9.03. The lowest BCUT2D eigenvalue weighted by molar-refractivity contribution is 0.560. The van der Waals surface area contributed by atoms with Gasteiger partial charge in [0, 0.05) is 18.6 Å². The Morgan fingerprint density at radius 3 is 2.75 bits per heavy atom. The summed E-state index contributed by atoms with van der Waals surface area (Å²) >= 11 is 5.95. The van der Waals surface area contributed by atoms with Crippen LogP contribution in [0.1, 0.15) is 25.8 Å². The molecule has 2 nitrogen and oxygen atoms in total. The average Bonchev–Trinajstić information content (AvgIpc) is 2.28. The minimum absolute atomic E-state index is 0.607. The molecule has 0 heterocycles. The lowest BCUT2D eigenvalue weighted by atomic mass is 10.1. The zero-order valence-corrected chi connectivity index (χ0v) is 10.8. The molecule has 1 aromatic rings. The van der Waals surface area contributed by atoms with Crippen molar-refractivity contribution >= 4 is 17.3 Å². The Bertz CT molecular complexity index is 395. The molecule has 0 bridgehead atoms. The van der Waals surface area contributed by atoms with E-state index in [1.165, 1.54) is 0 Å². The van der Waals surface area contributed by atoms with E-state index in [0.29, 0.717) is 16.5 Å². The van der Waals surface area contributed by atoms with Crippen molar-refractivity contribution in [2.45, 2.75) is 20.3 Å². The summed E-state index contributed by atoms with van der Waals surface area (Å²) in [7, 11) is 2.00. The molecular formula is C13H17ClN2. The molecule has 0 fully saturated rings. The second kappa shape index (κ2) is 5.77. The zero-order valence-electron chi connectivity index (χ0n) is 10.00. The van der Waals surface area contributed by atoms with Gasteiger partial charge in [0.2, 0.25) is 0 Å². The Labute approximate surface area is 102 Å². The van der Waals surface area contributed by atoms with Crippen LogP contribution in [0.25, 0.3) is 0 Å². The maximum atomic E-state index is 9.03. The second-order valence-electron chi connectivity index (χ2n) is 4.17. The van der Waals surface area contributed by atoms with E-state index in [1.54, 1.807) is 12.1 Å². The molecule has 0 amide bonds. The predicted molar refractivity (Wildman–Crippen MR) is 68.9 cm³/mol. The lowest BCUT2D eigenvalue weighted by Gasteiger charge is -2.23. The van der Waals surface area contributed by atoms with Crippen LogP contribution in [-0.2, 0) is 0 Å². The standard InChI is InChI=1S/C13H17ClN2/c1-4-10(2)9-16(3)13-7-12(14)6-5-11(13)8-15/h5-7,10H,4,9H2,1-3H3. The fourth-order valence-corrected chi connectivity index (χ4v) is 1.78. The third-order valence-corrected chi connectivity index (χ3v) is 3.01. The zero-order chi connectivity index (χ0) is 12.1. The van der Waals surface area contributed by atoms with Gasteiger partial charge in [-0.2, -0.15) is 5.26 Å². The number of nitriles is 1. The van der Waals surface area contributed by atoms with Crippen molar-refractivity contribution in [3.63, 3.8) is 0 Å². The van der Waals surface area contributed by atoms with Crippen LogP contribution in [0.15, 0.2) is 18.2 Å². The van der Waals surface area contributed by atoms with Gasteiger partial charge in [0.25, 0.3) is 0 Å². The summed E-state index contributed by atoms with van der Waals surface area (Å²) in [6.07, 6.45) is 1.13. The highest BCUT2D eigenvalue weighted by molar-refractivity contribution is 6.30. The highest BCUT2D eigenvalue weighted by Crippen LogP contribution is 2.24. The lowest BCUT2D eigenvalue weighted by Crippen LogP contribution is -2.24. The van der Waals surface area contributed by atoms with Crippen LogP contribution in [0.2, 0.25) is 5.02 Å². The topological polar surface area (TPSA) is 27.0 Å². The largest absolute Gasteiger partial charge is 0.373 e. The molecule has 0 aliphatic rings. The SMILES string of the molecule is CCC(C)CN(C)c1cc(Cl)ccc1C#N. The third kappa shape index (κ3) is 3.15. The molecule has 0 saturated heterocycles. The van der Waals surface area contributed by atoms with Gasteiger partial charge in [-0.05, 0) is 24.1 Å². The molecule has 16 heavy (non-hydrogen) atoms. The van der Waals surface area contributed by atoms with E-state index in [2.05, 4.69) is 24.8 Å². The first-order valence-corrected chi connectivity index (χ1v) is 5.87. The van der Waals surface area contributed by atoms with Crippen LogP contribution in [0, 0.1) is 17.2 Å². The van der Waals surface area contributed by atoms with Crippen LogP contribution < -0.4 is 4.90 Å². The number of benzene rings is 1. The van der Waals surface area contributed by atoms with Crippen molar-refractivity contribution in [2.24, 2.45) is 5.92 Å². The Morgan fingerprint density at radius 2 is 2.19 bits per heavy atom. The van der Waals surface area contributed by atoms with E-state index in [1.807, 2.05) is 13.1 Å². The molecule has 0 saturated carbocycles. The van der Waals surface area contributed by atoms with Crippen molar-refractivity contribution in [1.29, 1.82) is 5.26 Å². The van der Waals surface area contributed by atoms with Gasteiger partial charge in [-0.25, -0.2) is 0 Å². The number of hydrogen-bond donors (Lipinski definition) is 0. The number of hydrogen-bond acceptors (Lipinski definition) is 2. The molecule has 0 N–H and O–H groups in total. The van der Waals surface area contributed by atoms with Crippen LogP contribution in [0.4, 0.5) is 5.69 Å². The smallest absolute Gasteiger partial charge is 0.101 e. The first-order valence-electron chi connectivity index (χ1n) is 5.49. The Kier molecular flexibility index (Phi) is 4.64. The second-order valence-corrected chi connectivity index (χ2v) is 4.60. The minimum atomic E-state index is 0.607. The first-order chi connectivity index (χ1) is 7.58. The Balaban J connectivity index is 2.94. The highest BCUT2D eigenvalue weighted by Gasteiger charge is 2.10. The van der Waals surface area contributed by atoms with Crippen molar-refractivity contribution in [3.05, 3.63) is 28.8 Å². The minimum Gasteiger partial charge on any atom is -0.373 e. The number of rotatable bonds is 4. The summed E-state index contributed by atoms with van der Waals surface area (Å²) in [5.41, 5.74) is 1.59. The van der Waals surface area contributed by atoms with Crippen LogP contribution in [0.5, 0.6) is 0 Å². The molecular weight excluding hydrogens is 220 g/mol. The van der Waals surface area contributed by atoms with E-state index in [0.717, 1.165) is 18.7 Å². The van der Waals surface area contributed by atoms with Gasteiger partial charge < -0.3 is 4.90 Å². The molecule has 0 radical (unpaired) electrons. The summed E-state index contributed by atoms with van der Waals surface area (Å²) in [4.78, 5) is 2.10. The van der Waals surface area contributed by atoms with Crippen LogP contribution in [-0.4, -0.2) is 13.6 Å². The van der Waals surface area contributed by atoms with Crippen molar-refractivity contribution in [2.75, 3.05) is 18.5 Å². The third-order valence-electron chi connectivity index (χ3n) is 2.77. The average molecular weight is 237 g/mol. The summed E-state index contributed by atoms with van der Waals surface area (Å²) in [6.45, 7) is 5.31. The van der Waals surface area contributed by atoms with E-state index in [9.17, 15) is 0 Å². The monoisotopic (exact) mass is 236 g/mol. The summed E-state index contributed by atoms with van der Waals surface area (Å²) in [6, 6.07) is 7.56. The molecule has 0 aromatic heterocycles. The number of anilines is 1. The van der Waals surface area contributed by atoms with E-state index in [-0.39, 0.29) is 0 Å². The fourth-order valence-electron chi connectivity index (χ4n) is 1.61. The predicted octanol–water partition coefficient (Wildman–Crippen LogP) is 3.69. The quantitative estimate of drug-likeness (QED) is 0.797. The molecule has 1 aromatic carbocycles. The van der Waals surface area contributed by atoms with Gasteiger partial charge in [-0.3, -0.25) is 0 Å². The molecule has 1 unspecified atom stereocenters. The molecule has 1 atom stereocenters. The molecule has 0 spiro atoms. The Hall–Kier alpha value is -1.20. The molecule has 1 rings (SSSR count). The highest BCUT2D eigenvalue weighted by atomic mass is 35.5. The van der Waals surface area contributed by atoms with E-state index >= 15 is 0 Å². The van der Waals surface area contributed by atoms with Crippen molar-refractivity contribution in [1.82, 2.24) is 0 Å². The van der Waals surface area contributed by atoms with Gasteiger partial charge in [-0.1, -0.05) is 31.9 Å². The summed E-state index contributed by atoms with van der Waals surface area (Å²) < 4.78 is 0. The van der Waals surface area contributed by atoms with Gasteiger partial charge >= 0.3 is 0 Å². The van der Waals surface area contributed by atoms with Gasteiger partial charge in [0.1, 0.15) is 6.07 Å². The van der Waals surface area contributed by atoms with E-state index < -0.39 is 0 Å². The van der Waals surface area contributed by atoms with Crippen LogP contribution >= 0.6 is 11.6 Å². The summed E-state index contributed by atoms with van der Waals surface area (Å²) in [5.74, 6) is 0.607. The molecule has 0 aliphatic carbocycles.